The fourth-order valence-corrected chi connectivity index (χ4v) is 4.66. The molecule has 28 heavy (non-hydrogen) atoms. The lowest BCUT2D eigenvalue weighted by Gasteiger charge is -2.14. The molecule has 8 nitrogen and oxygen atoms in total. The number of cyclic esters (lactones) is 1. The first kappa shape index (κ1) is 18.4. The average Bonchev–Trinajstić information content (AvgIpc) is 3.27. The number of hydrogen-bond acceptors (Lipinski definition) is 8. The van der Waals surface area contributed by atoms with E-state index in [-0.39, 0.29) is 16.0 Å². The van der Waals surface area contributed by atoms with Gasteiger partial charge in [-0.3, -0.25) is 4.72 Å². The van der Waals surface area contributed by atoms with Crippen LogP contribution in [-0.4, -0.2) is 24.6 Å². The molecule has 1 aliphatic rings. The van der Waals surface area contributed by atoms with E-state index in [1.54, 1.807) is 24.3 Å². The number of aromatic nitrogens is 2. The molecule has 0 fully saturated rings. The summed E-state index contributed by atoms with van der Waals surface area (Å²) in [6.45, 7) is 1.92. The Balaban J connectivity index is 1.49. The predicted octanol–water partition coefficient (Wildman–Crippen LogP) is 3.18. The molecule has 2 heterocycles. The molecule has 0 saturated heterocycles. The molecule has 1 aromatic heterocycles. The largest absolute Gasteiger partial charge is 0.434 e. The van der Waals surface area contributed by atoms with Crippen LogP contribution in [-0.2, 0) is 21.2 Å². The maximum Gasteiger partial charge on any atom is 0.340 e. The second-order valence-corrected chi connectivity index (χ2v) is 8.75. The molecule has 144 valence electrons. The van der Waals surface area contributed by atoms with Crippen LogP contribution in [0.3, 0.4) is 0 Å². The quantitative estimate of drug-likeness (QED) is 0.594. The maximum absolute atomic E-state index is 12.5. The van der Waals surface area contributed by atoms with Gasteiger partial charge in [-0.1, -0.05) is 36.5 Å². The van der Waals surface area contributed by atoms with E-state index in [4.69, 9.17) is 4.74 Å². The van der Waals surface area contributed by atoms with Crippen molar-refractivity contribution in [2.45, 2.75) is 24.5 Å². The van der Waals surface area contributed by atoms with Gasteiger partial charge in [-0.2, -0.15) is 0 Å². The predicted molar refractivity (Wildman–Crippen MR) is 105 cm³/mol. The van der Waals surface area contributed by atoms with Gasteiger partial charge < -0.3 is 10.1 Å². The molecule has 3 aromatic rings. The van der Waals surface area contributed by atoms with Gasteiger partial charge in [-0.15, -0.1) is 10.2 Å². The summed E-state index contributed by atoms with van der Waals surface area (Å²) in [5.41, 5.74) is 1.89. The first-order chi connectivity index (χ1) is 13.5. The van der Waals surface area contributed by atoms with Crippen molar-refractivity contribution in [2.24, 2.45) is 0 Å². The molecule has 0 saturated carbocycles. The first-order valence-electron chi connectivity index (χ1n) is 8.48. The van der Waals surface area contributed by atoms with Crippen molar-refractivity contribution >= 4 is 38.1 Å². The molecule has 0 bridgehead atoms. The number of nitrogens with zero attached hydrogens (tertiary/aromatic N) is 2. The maximum atomic E-state index is 12.5. The van der Waals surface area contributed by atoms with Gasteiger partial charge in [0.05, 0.1) is 10.5 Å². The van der Waals surface area contributed by atoms with Crippen molar-refractivity contribution in [2.75, 3.05) is 10.0 Å². The topological polar surface area (TPSA) is 110 Å². The van der Waals surface area contributed by atoms with Gasteiger partial charge in [-0.05, 0) is 36.8 Å². The lowest BCUT2D eigenvalue weighted by Crippen LogP contribution is -2.13. The zero-order valence-electron chi connectivity index (χ0n) is 14.7. The Hall–Kier alpha value is -2.98. The highest BCUT2D eigenvalue weighted by atomic mass is 32.2. The van der Waals surface area contributed by atoms with Crippen LogP contribution in [0.5, 0.6) is 0 Å². The number of nitrogens with one attached hydrogen (secondary N) is 2. The lowest BCUT2D eigenvalue weighted by atomic mass is 10.1. The van der Waals surface area contributed by atoms with Crippen LogP contribution in [0.4, 0.5) is 10.8 Å². The van der Waals surface area contributed by atoms with Crippen LogP contribution >= 0.6 is 11.3 Å². The van der Waals surface area contributed by atoms with Crippen LogP contribution < -0.4 is 10.0 Å². The molecule has 10 heteroatoms. The highest BCUT2D eigenvalue weighted by molar-refractivity contribution is 7.93. The van der Waals surface area contributed by atoms with Gasteiger partial charge in [0.1, 0.15) is 5.01 Å². The Bertz CT molecular complexity index is 1130. The van der Waals surface area contributed by atoms with Gasteiger partial charge in [0.25, 0.3) is 10.0 Å². The van der Waals surface area contributed by atoms with E-state index >= 15 is 0 Å². The Labute approximate surface area is 165 Å². The Kier molecular flexibility index (Phi) is 4.73. The van der Waals surface area contributed by atoms with E-state index in [0.717, 1.165) is 10.6 Å². The summed E-state index contributed by atoms with van der Waals surface area (Å²) in [6.07, 6.45) is 0.0763. The van der Waals surface area contributed by atoms with Gasteiger partial charge in [-0.25, -0.2) is 13.2 Å². The number of hydrogen-bond donors (Lipinski definition) is 2. The van der Waals surface area contributed by atoms with E-state index in [1.807, 2.05) is 19.1 Å². The standard InChI is InChI=1S/C18H16N4O4S2/c1-2-15-20-21-18(27-15)22-28(24,25)12-9-7-11(8-10-12)19-16-13-5-3-4-6-14(13)17(23)26-16/h3-10,16,19H,2H2,1H3,(H,21,22)/t16-/m1/s1. The van der Waals surface area contributed by atoms with Gasteiger partial charge >= 0.3 is 5.97 Å². The number of carbonyl (C=O) groups excluding carboxylic acids is 1. The number of esters is 1. The van der Waals surface area contributed by atoms with Gasteiger partial charge in [0, 0.05) is 11.3 Å². The molecule has 0 amide bonds. The Morgan fingerprint density at radius 1 is 1.11 bits per heavy atom. The van der Waals surface area contributed by atoms with Crippen LogP contribution in [0.2, 0.25) is 0 Å². The summed E-state index contributed by atoms with van der Waals surface area (Å²) in [5, 5.41) is 11.8. The van der Waals surface area contributed by atoms with Crippen LogP contribution in [0.15, 0.2) is 53.4 Å². The normalized spacial score (nSPS) is 15.8. The van der Waals surface area contributed by atoms with Gasteiger partial charge in [0.15, 0.2) is 0 Å². The molecule has 0 spiro atoms. The minimum Gasteiger partial charge on any atom is -0.434 e. The minimum absolute atomic E-state index is 0.0927. The summed E-state index contributed by atoms with van der Waals surface area (Å²) in [7, 11) is -3.76. The number of aryl methyl sites for hydroxylation is 1. The Morgan fingerprint density at radius 3 is 2.57 bits per heavy atom. The van der Waals surface area contributed by atoms with E-state index < -0.39 is 16.3 Å². The summed E-state index contributed by atoms with van der Waals surface area (Å²) >= 11 is 1.20. The third-order valence-corrected chi connectivity index (χ3v) is 6.61. The van der Waals surface area contributed by atoms with Gasteiger partial charge in [0.2, 0.25) is 11.4 Å². The average molecular weight is 416 g/mol. The third kappa shape index (κ3) is 3.56. The highest BCUT2D eigenvalue weighted by Gasteiger charge is 2.30. The summed E-state index contributed by atoms with van der Waals surface area (Å²) < 4.78 is 32.8. The number of anilines is 2. The second kappa shape index (κ2) is 7.21. The number of ether oxygens (including phenoxy) is 1. The smallest absolute Gasteiger partial charge is 0.340 e. The fraction of sp³-hybridized carbons (Fsp3) is 0.167. The van der Waals surface area contributed by atoms with Crippen LogP contribution in [0, 0.1) is 0 Å². The SMILES string of the molecule is CCc1nnc(NS(=O)(=O)c2ccc(N[C@@H]3OC(=O)c4ccccc43)cc2)s1. The fourth-order valence-electron chi connectivity index (χ4n) is 2.75. The summed E-state index contributed by atoms with van der Waals surface area (Å²) in [6, 6.07) is 13.3. The van der Waals surface area contributed by atoms with Crippen LogP contribution in [0.25, 0.3) is 0 Å². The molecular formula is C18H16N4O4S2. The van der Waals surface area contributed by atoms with E-state index in [9.17, 15) is 13.2 Å². The molecule has 0 radical (unpaired) electrons. The molecule has 4 rings (SSSR count). The molecule has 0 unspecified atom stereocenters. The zero-order valence-corrected chi connectivity index (χ0v) is 16.4. The number of fused-ring (bicyclic) bond motifs is 1. The number of carbonyl (C=O) groups is 1. The van der Waals surface area contributed by atoms with Crippen molar-refractivity contribution in [1.82, 2.24) is 10.2 Å². The van der Waals surface area contributed by atoms with Crippen molar-refractivity contribution in [3.63, 3.8) is 0 Å². The number of sulfonamides is 1. The van der Waals surface area contributed by atoms with Crippen molar-refractivity contribution in [1.29, 1.82) is 0 Å². The van der Waals surface area contributed by atoms with Crippen LogP contribution in [0.1, 0.15) is 34.1 Å². The zero-order chi connectivity index (χ0) is 19.7. The minimum atomic E-state index is -3.76. The number of rotatable bonds is 6. The molecular weight excluding hydrogens is 400 g/mol. The van der Waals surface area contributed by atoms with Crippen molar-refractivity contribution in [3.05, 3.63) is 64.7 Å². The van der Waals surface area contributed by atoms with Crippen molar-refractivity contribution in [3.8, 4) is 0 Å². The Morgan fingerprint density at radius 2 is 1.86 bits per heavy atom. The molecule has 1 atom stereocenters. The van der Waals surface area contributed by atoms with Crippen molar-refractivity contribution < 1.29 is 17.9 Å². The van der Waals surface area contributed by atoms with E-state index in [2.05, 4.69) is 20.2 Å². The molecule has 2 N–H and O–H groups in total. The summed E-state index contributed by atoms with van der Waals surface area (Å²) in [5.74, 6) is -0.389. The number of benzene rings is 2. The molecule has 1 aliphatic heterocycles. The second-order valence-electron chi connectivity index (χ2n) is 6.00. The van der Waals surface area contributed by atoms with E-state index in [0.29, 0.717) is 17.7 Å². The first-order valence-corrected chi connectivity index (χ1v) is 10.8. The highest BCUT2D eigenvalue weighted by Crippen LogP contribution is 2.31. The monoisotopic (exact) mass is 416 g/mol. The molecule has 0 aliphatic carbocycles. The lowest BCUT2D eigenvalue weighted by molar-refractivity contribution is 0.0437. The molecule has 2 aromatic carbocycles. The third-order valence-electron chi connectivity index (χ3n) is 4.14. The summed E-state index contributed by atoms with van der Waals surface area (Å²) in [4.78, 5) is 12.0. The van der Waals surface area contributed by atoms with E-state index in [1.165, 1.54) is 23.5 Å².